The van der Waals surface area contributed by atoms with Crippen LogP contribution in [0.2, 0.25) is 0 Å². The number of hydrogen-bond donors (Lipinski definition) is 1. The lowest BCUT2D eigenvalue weighted by atomic mass is 9.96. The predicted molar refractivity (Wildman–Crippen MR) is 80.5 cm³/mol. The Kier molecular flexibility index (Phi) is 5.43. The van der Waals surface area contributed by atoms with Crippen molar-refractivity contribution in [3.63, 3.8) is 0 Å². The van der Waals surface area contributed by atoms with E-state index < -0.39 is 23.8 Å². The van der Waals surface area contributed by atoms with Crippen molar-refractivity contribution in [2.24, 2.45) is 10.9 Å². The van der Waals surface area contributed by atoms with Crippen LogP contribution in [-0.4, -0.2) is 54.3 Å². The number of nitrogens with one attached hydrogen (secondary N) is 1. The van der Waals surface area contributed by atoms with Crippen LogP contribution in [0.5, 0.6) is 0 Å². The molecule has 0 radical (unpaired) electrons. The van der Waals surface area contributed by atoms with Crippen LogP contribution in [-0.2, 0) is 14.3 Å². The second-order valence-corrected chi connectivity index (χ2v) is 5.29. The molecule has 0 aliphatic carbocycles. The molecule has 2 aliphatic rings. The van der Waals surface area contributed by atoms with Crippen LogP contribution in [0, 0.1) is 5.92 Å². The fourth-order valence-electron chi connectivity index (χ4n) is 2.62. The summed E-state index contributed by atoms with van der Waals surface area (Å²) in [4.78, 5) is 41.6. The van der Waals surface area contributed by atoms with Crippen molar-refractivity contribution < 1.29 is 19.1 Å². The van der Waals surface area contributed by atoms with E-state index in [1.807, 2.05) is 6.92 Å². The van der Waals surface area contributed by atoms with Gasteiger partial charge in [-0.25, -0.2) is 4.79 Å². The molecular formula is C15H21N3O4. The first-order chi connectivity index (χ1) is 10.6. The van der Waals surface area contributed by atoms with E-state index >= 15 is 0 Å². The van der Waals surface area contributed by atoms with Gasteiger partial charge in [-0.1, -0.05) is 13.0 Å². The van der Waals surface area contributed by atoms with E-state index in [1.165, 1.54) is 6.08 Å². The monoisotopic (exact) mass is 307 g/mol. The Bertz CT molecular complexity index is 509. The molecule has 0 spiro atoms. The first-order valence-corrected chi connectivity index (χ1v) is 7.50. The molecule has 7 nitrogen and oxygen atoms in total. The molecular weight excluding hydrogens is 286 g/mol. The summed E-state index contributed by atoms with van der Waals surface area (Å²) in [5.41, 5.74) is 0.486. The number of barbiturate groups is 1. The van der Waals surface area contributed by atoms with Gasteiger partial charge in [-0.05, 0) is 19.3 Å². The predicted octanol–water partition coefficient (Wildman–Crippen LogP) is 0.897. The Morgan fingerprint density at radius 2 is 2.27 bits per heavy atom. The highest BCUT2D eigenvalue weighted by molar-refractivity contribution is 6.27. The Balaban J connectivity index is 2.16. The average molecular weight is 307 g/mol. The summed E-state index contributed by atoms with van der Waals surface area (Å²) in [6.45, 7) is 6.59. The van der Waals surface area contributed by atoms with Gasteiger partial charge in [-0.2, -0.15) is 0 Å². The summed E-state index contributed by atoms with van der Waals surface area (Å²) in [5, 5.41) is 2.20. The molecule has 2 aliphatic heterocycles. The van der Waals surface area contributed by atoms with Crippen molar-refractivity contribution in [1.82, 2.24) is 10.2 Å². The van der Waals surface area contributed by atoms with E-state index in [-0.39, 0.29) is 12.6 Å². The number of ether oxygens (including phenoxy) is 1. The number of nitrogens with zero attached hydrogens (tertiary/aromatic N) is 2. The molecule has 2 heterocycles. The van der Waals surface area contributed by atoms with E-state index in [1.54, 1.807) is 0 Å². The zero-order valence-electron chi connectivity index (χ0n) is 12.7. The van der Waals surface area contributed by atoms with E-state index in [2.05, 4.69) is 16.9 Å². The summed E-state index contributed by atoms with van der Waals surface area (Å²) in [6.07, 6.45) is 3.90. The van der Waals surface area contributed by atoms with Gasteiger partial charge in [0.1, 0.15) is 0 Å². The summed E-state index contributed by atoms with van der Waals surface area (Å²) in [7, 11) is 0. The number of imide groups is 2. The number of carbonyl (C=O) groups excluding carboxylic acids is 3. The smallest absolute Gasteiger partial charge is 0.331 e. The van der Waals surface area contributed by atoms with Gasteiger partial charge in [0, 0.05) is 18.9 Å². The van der Waals surface area contributed by atoms with Crippen molar-refractivity contribution in [1.29, 1.82) is 0 Å². The van der Waals surface area contributed by atoms with E-state index in [0.717, 1.165) is 24.3 Å². The highest BCUT2D eigenvalue weighted by Crippen LogP contribution is 2.17. The standard InChI is InChI=1S/C15H21N3O4/c1-3-7-18-14(20)12(13(19)17-15(18)21)11(4-2)16-9-10-6-5-8-22-10/h3,10,12H,1,4-9H2,2H3,(H,17,19,21)/t10-,12?/m1/s1. The highest BCUT2D eigenvalue weighted by atomic mass is 16.5. The molecule has 4 amide bonds. The summed E-state index contributed by atoms with van der Waals surface area (Å²) < 4.78 is 5.50. The molecule has 0 saturated carbocycles. The molecule has 1 N–H and O–H groups in total. The van der Waals surface area contributed by atoms with E-state index in [4.69, 9.17) is 4.74 Å². The van der Waals surface area contributed by atoms with Crippen molar-refractivity contribution in [2.45, 2.75) is 32.3 Å². The van der Waals surface area contributed by atoms with E-state index in [0.29, 0.717) is 18.7 Å². The summed E-state index contributed by atoms with van der Waals surface area (Å²) in [6, 6.07) is -0.708. The van der Waals surface area contributed by atoms with E-state index in [9.17, 15) is 14.4 Å². The number of urea groups is 1. The maximum atomic E-state index is 12.4. The largest absolute Gasteiger partial charge is 0.376 e. The van der Waals surface area contributed by atoms with Crippen molar-refractivity contribution in [2.75, 3.05) is 19.7 Å². The minimum atomic E-state index is -1.04. The number of amides is 4. The first-order valence-electron chi connectivity index (χ1n) is 7.50. The normalized spacial score (nSPS) is 26.3. The third-order valence-electron chi connectivity index (χ3n) is 3.78. The lowest BCUT2D eigenvalue weighted by molar-refractivity contribution is -0.139. The summed E-state index contributed by atoms with van der Waals surface area (Å²) >= 11 is 0. The summed E-state index contributed by atoms with van der Waals surface area (Å²) in [5.74, 6) is -2.19. The minimum Gasteiger partial charge on any atom is -0.376 e. The fraction of sp³-hybridized carbons (Fsp3) is 0.600. The van der Waals surface area contributed by atoms with Crippen LogP contribution < -0.4 is 5.32 Å². The van der Waals surface area contributed by atoms with Gasteiger partial charge in [0.05, 0.1) is 12.6 Å². The van der Waals surface area contributed by atoms with Crippen LogP contribution in [0.1, 0.15) is 26.2 Å². The van der Waals surface area contributed by atoms with Crippen LogP contribution in [0.15, 0.2) is 17.6 Å². The molecule has 22 heavy (non-hydrogen) atoms. The molecule has 2 rings (SSSR count). The van der Waals surface area contributed by atoms with Crippen LogP contribution >= 0.6 is 0 Å². The van der Waals surface area contributed by atoms with Crippen LogP contribution in [0.25, 0.3) is 0 Å². The molecule has 0 aromatic heterocycles. The van der Waals surface area contributed by atoms with Crippen molar-refractivity contribution in [3.8, 4) is 0 Å². The van der Waals surface area contributed by atoms with Gasteiger partial charge in [-0.15, -0.1) is 6.58 Å². The maximum absolute atomic E-state index is 12.4. The average Bonchev–Trinajstić information content (AvgIpc) is 3.00. The van der Waals surface area contributed by atoms with Gasteiger partial charge >= 0.3 is 6.03 Å². The molecule has 7 heteroatoms. The highest BCUT2D eigenvalue weighted by Gasteiger charge is 2.42. The van der Waals surface area contributed by atoms with Gasteiger partial charge < -0.3 is 4.74 Å². The maximum Gasteiger partial charge on any atom is 0.331 e. The molecule has 0 aromatic carbocycles. The second-order valence-electron chi connectivity index (χ2n) is 5.29. The molecule has 2 saturated heterocycles. The lowest BCUT2D eigenvalue weighted by Crippen LogP contribution is -2.59. The minimum absolute atomic E-state index is 0.0502. The van der Waals surface area contributed by atoms with Crippen LogP contribution in [0.3, 0.4) is 0 Å². The Hall–Kier alpha value is -2.02. The molecule has 2 fully saturated rings. The number of hydrogen-bond acceptors (Lipinski definition) is 5. The molecule has 0 aromatic rings. The second kappa shape index (κ2) is 7.31. The van der Waals surface area contributed by atoms with Gasteiger partial charge in [0.25, 0.3) is 0 Å². The topological polar surface area (TPSA) is 88.1 Å². The van der Waals surface area contributed by atoms with Gasteiger partial charge in [-0.3, -0.25) is 24.8 Å². The third-order valence-corrected chi connectivity index (χ3v) is 3.78. The third kappa shape index (κ3) is 3.41. The zero-order valence-corrected chi connectivity index (χ0v) is 12.7. The number of rotatable bonds is 6. The van der Waals surface area contributed by atoms with Crippen molar-refractivity contribution in [3.05, 3.63) is 12.7 Å². The zero-order chi connectivity index (χ0) is 16.1. The Morgan fingerprint density at radius 3 is 2.86 bits per heavy atom. The molecule has 0 bridgehead atoms. The SMILES string of the molecule is C=CCN1C(=O)NC(=O)C(C(CC)=NC[C@H]2CCCO2)C1=O. The molecule has 2 atom stereocenters. The quantitative estimate of drug-likeness (QED) is 0.448. The van der Waals surface area contributed by atoms with Crippen LogP contribution in [0.4, 0.5) is 4.79 Å². The van der Waals surface area contributed by atoms with Gasteiger partial charge in [0.15, 0.2) is 5.92 Å². The van der Waals surface area contributed by atoms with Gasteiger partial charge in [0.2, 0.25) is 11.8 Å². The molecule has 1 unspecified atom stereocenters. The first kappa shape index (κ1) is 16.4. The Labute approximate surface area is 129 Å². The number of carbonyl (C=O) groups is 3. The fourth-order valence-corrected chi connectivity index (χ4v) is 2.62. The number of aliphatic imine (C=N–C) groups is 1. The Morgan fingerprint density at radius 1 is 1.50 bits per heavy atom. The lowest BCUT2D eigenvalue weighted by Gasteiger charge is -2.30. The molecule has 120 valence electrons. The van der Waals surface area contributed by atoms with Crippen molar-refractivity contribution >= 4 is 23.6 Å².